The molecule has 258 valence electrons. The first-order valence-electron chi connectivity index (χ1n) is 16.6. The summed E-state index contributed by atoms with van der Waals surface area (Å²) in [5.74, 6) is -0.970. The Morgan fingerprint density at radius 3 is 2.43 bits per heavy atom. The molecule has 1 aromatic heterocycles. The largest absolute Gasteiger partial charge is 0.495 e. The summed E-state index contributed by atoms with van der Waals surface area (Å²) in [4.78, 5) is 40.6. The number of fused-ring (bicyclic) bond motifs is 1. The average molecular weight is 687 g/mol. The van der Waals surface area contributed by atoms with Gasteiger partial charge in [0.15, 0.2) is 0 Å². The molecule has 2 saturated heterocycles. The Morgan fingerprint density at radius 2 is 1.76 bits per heavy atom. The van der Waals surface area contributed by atoms with Gasteiger partial charge < -0.3 is 19.3 Å². The molecule has 3 aliphatic rings. The molecule has 1 atom stereocenters. The lowest BCUT2D eigenvalue weighted by atomic mass is 9.70. The van der Waals surface area contributed by atoms with Crippen LogP contribution in [0.2, 0.25) is 0 Å². The van der Waals surface area contributed by atoms with Crippen LogP contribution in [-0.4, -0.2) is 106 Å². The van der Waals surface area contributed by atoms with Crippen molar-refractivity contribution in [3.8, 4) is 17.7 Å². The number of para-hydroxylation sites is 1. The number of likely N-dealkylation sites (tertiary alicyclic amines) is 1. The van der Waals surface area contributed by atoms with Gasteiger partial charge in [-0.1, -0.05) is 18.2 Å². The second-order valence-electron chi connectivity index (χ2n) is 12.8. The van der Waals surface area contributed by atoms with Crippen LogP contribution in [-0.2, 0) is 25.0 Å². The van der Waals surface area contributed by atoms with E-state index in [1.807, 2.05) is 0 Å². The topological polar surface area (TPSA) is 136 Å². The van der Waals surface area contributed by atoms with Gasteiger partial charge in [0, 0.05) is 56.0 Å². The second-order valence-corrected chi connectivity index (χ2v) is 14.5. The molecule has 2 aromatic carbocycles. The molecular formula is C36H42N6O6S. The summed E-state index contributed by atoms with van der Waals surface area (Å²) in [6, 6.07) is 15.0. The Bertz CT molecular complexity index is 1900. The van der Waals surface area contributed by atoms with E-state index in [4.69, 9.17) is 9.47 Å². The summed E-state index contributed by atoms with van der Waals surface area (Å²) in [6.45, 7) is 8.14. The molecule has 0 aliphatic carbocycles. The molecule has 3 aromatic rings. The SMILES string of the molecule is CCOc1ncccc1C1(CC(=O)N2CCN(C3CCN(C)CC3)CC2)C(=O)N(S(=O)(=O)c2ccccc2OC)c2ccc(C#N)c(C)c21. The number of methoxy groups -OCH3 is 1. The van der Waals surface area contributed by atoms with Gasteiger partial charge in [0.2, 0.25) is 11.8 Å². The first-order chi connectivity index (χ1) is 23.6. The van der Waals surface area contributed by atoms with Crippen molar-refractivity contribution in [1.29, 1.82) is 5.26 Å². The predicted octanol–water partition coefficient (Wildman–Crippen LogP) is 3.32. The minimum Gasteiger partial charge on any atom is -0.495 e. The molecule has 0 spiro atoms. The molecule has 2 fully saturated rings. The number of aromatic nitrogens is 1. The summed E-state index contributed by atoms with van der Waals surface area (Å²) in [5.41, 5.74) is -0.619. The standard InChI is InChI=1S/C36H42N6O6S/c1-5-48-34-28(9-8-16-38-34)36(23-32(43)41-21-19-40(20-22-41)27-14-17-39(3)18-15-27)33-25(2)26(24-37)12-13-29(33)42(35(36)44)49(45,46)31-11-7-6-10-30(31)47-4/h6-13,16,27H,5,14-15,17-23H2,1-4H3. The summed E-state index contributed by atoms with van der Waals surface area (Å²) in [7, 11) is -1.10. The van der Waals surface area contributed by atoms with Crippen LogP contribution in [0.3, 0.4) is 0 Å². The fraction of sp³-hybridized carbons (Fsp3) is 0.444. The number of nitriles is 1. The number of piperazine rings is 1. The molecule has 0 saturated carbocycles. The Kier molecular flexibility index (Phi) is 9.66. The van der Waals surface area contributed by atoms with Crippen LogP contribution < -0.4 is 13.8 Å². The van der Waals surface area contributed by atoms with Crippen LogP contribution in [0.4, 0.5) is 5.69 Å². The molecular weight excluding hydrogens is 644 g/mol. The monoisotopic (exact) mass is 686 g/mol. The molecule has 12 nitrogen and oxygen atoms in total. The van der Waals surface area contributed by atoms with E-state index in [9.17, 15) is 18.5 Å². The molecule has 49 heavy (non-hydrogen) atoms. The van der Waals surface area contributed by atoms with E-state index in [-0.39, 0.29) is 57.8 Å². The van der Waals surface area contributed by atoms with Crippen molar-refractivity contribution >= 4 is 27.5 Å². The maximum Gasteiger partial charge on any atom is 0.274 e. The number of amides is 2. The lowest BCUT2D eigenvalue weighted by Crippen LogP contribution is -2.55. The first kappa shape index (κ1) is 34.4. The van der Waals surface area contributed by atoms with Gasteiger partial charge in [0.25, 0.3) is 15.9 Å². The fourth-order valence-electron chi connectivity index (χ4n) is 7.60. The van der Waals surface area contributed by atoms with Crippen molar-refractivity contribution in [2.24, 2.45) is 0 Å². The second kappa shape index (κ2) is 13.8. The summed E-state index contributed by atoms with van der Waals surface area (Å²) < 4.78 is 41.3. The maximum absolute atomic E-state index is 15.3. The zero-order valence-corrected chi connectivity index (χ0v) is 29.2. The van der Waals surface area contributed by atoms with E-state index in [1.54, 1.807) is 43.0 Å². The first-order valence-corrected chi connectivity index (χ1v) is 18.1. The van der Waals surface area contributed by atoms with Crippen LogP contribution in [0.25, 0.3) is 0 Å². The molecule has 13 heteroatoms. The Morgan fingerprint density at radius 1 is 1.04 bits per heavy atom. The van der Waals surface area contributed by atoms with Gasteiger partial charge >= 0.3 is 0 Å². The average Bonchev–Trinajstić information content (AvgIpc) is 3.37. The minimum atomic E-state index is -4.59. The van der Waals surface area contributed by atoms with E-state index in [0.29, 0.717) is 37.8 Å². The highest BCUT2D eigenvalue weighted by Crippen LogP contribution is 2.54. The third-order valence-electron chi connectivity index (χ3n) is 10.1. The summed E-state index contributed by atoms with van der Waals surface area (Å²) >= 11 is 0. The van der Waals surface area contributed by atoms with E-state index >= 15 is 4.79 Å². The molecule has 0 N–H and O–H groups in total. The highest BCUT2D eigenvalue weighted by Gasteiger charge is 2.59. The predicted molar refractivity (Wildman–Crippen MR) is 183 cm³/mol. The number of anilines is 1. The highest BCUT2D eigenvalue weighted by atomic mass is 32.2. The van der Waals surface area contributed by atoms with Gasteiger partial charge in [-0.25, -0.2) is 17.7 Å². The van der Waals surface area contributed by atoms with Crippen molar-refractivity contribution < 1.29 is 27.5 Å². The molecule has 1 unspecified atom stereocenters. The number of sulfonamides is 1. The summed E-state index contributed by atoms with van der Waals surface area (Å²) in [5, 5.41) is 10.1. The van der Waals surface area contributed by atoms with E-state index < -0.39 is 21.3 Å². The van der Waals surface area contributed by atoms with Crippen LogP contribution in [0, 0.1) is 18.3 Å². The Labute approximate surface area is 287 Å². The molecule has 6 rings (SSSR count). The van der Waals surface area contributed by atoms with E-state index in [2.05, 4.69) is 27.9 Å². The number of pyridine rings is 1. The number of hydrogen-bond acceptors (Lipinski definition) is 10. The normalized spacial score (nSPS) is 20.6. The smallest absolute Gasteiger partial charge is 0.274 e. The zero-order valence-electron chi connectivity index (χ0n) is 28.4. The molecule has 0 radical (unpaired) electrons. The van der Waals surface area contributed by atoms with Crippen molar-refractivity contribution in [2.75, 3.05) is 64.3 Å². The van der Waals surface area contributed by atoms with E-state index in [0.717, 1.165) is 30.2 Å². The van der Waals surface area contributed by atoms with Gasteiger partial charge in [-0.05, 0) is 82.7 Å². The molecule has 0 bridgehead atoms. The number of ether oxygens (including phenoxy) is 2. The van der Waals surface area contributed by atoms with Gasteiger partial charge in [-0.3, -0.25) is 14.5 Å². The third kappa shape index (κ3) is 5.92. The van der Waals surface area contributed by atoms with Crippen molar-refractivity contribution in [2.45, 2.75) is 49.5 Å². The number of nitrogens with zero attached hydrogens (tertiary/aromatic N) is 6. The molecule has 2 amide bonds. The lowest BCUT2D eigenvalue weighted by Gasteiger charge is -2.42. The quantitative estimate of drug-likeness (QED) is 0.330. The van der Waals surface area contributed by atoms with Crippen LogP contribution >= 0.6 is 0 Å². The number of rotatable bonds is 9. The molecule has 4 heterocycles. The van der Waals surface area contributed by atoms with Crippen molar-refractivity contribution in [3.05, 3.63) is 77.0 Å². The van der Waals surface area contributed by atoms with E-state index in [1.165, 1.54) is 37.6 Å². The van der Waals surface area contributed by atoms with Crippen LogP contribution in [0.5, 0.6) is 11.6 Å². The number of carbonyl (C=O) groups excluding carboxylic acids is 2. The number of piperidine rings is 1. The maximum atomic E-state index is 15.3. The van der Waals surface area contributed by atoms with Crippen LogP contribution in [0.15, 0.2) is 59.6 Å². The minimum absolute atomic E-state index is 0.0645. The van der Waals surface area contributed by atoms with Gasteiger partial charge in [-0.15, -0.1) is 0 Å². The van der Waals surface area contributed by atoms with Crippen molar-refractivity contribution in [3.63, 3.8) is 0 Å². The van der Waals surface area contributed by atoms with Crippen LogP contribution in [0.1, 0.15) is 48.4 Å². The van der Waals surface area contributed by atoms with Crippen molar-refractivity contribution in [1.82, 2.24) is 19.7 Å². The Balaban J connectivity index is 1.48. The Hall–Kier alpha value is -4.51. The highest BCUT2D eigenvalue weighted by molar-refractivity contribution is 7.93. The molecule has 3 aliphatic heterocycles. The summed E-state index contributed by atoms with van der Waals surface area (Å²) in [6.07, 6.45) is 3.30. The third-order valence-corrected chi connectivity index (χ3v) is 11.9. The van der Waals surface area contributed by atoms with Gasteiger partial charge in [-0.2, -0.15) is 5.26 Å². The van der Waals surface area contributed by atoms with Gasteiger partial charge in [0.1, 0.15) is 16.1 Å². The number of benzene rings is 2. The fourth-order valence-corrected chi connectivity index (χ4v) is 9.23. The lowest BCUT2D eigenvalue weighted by molar-refractivity contribution is -0.137. The number of hydrogen-bond donors (Lipinski definition) is 0. The van der Waals surface area contributed by atoms with Gasteiger partial charge in [0.05, 0.1) is 31.0 Å². The number of carbonyl (C=O) groups is 2. The zero-order chi connectivity index (χ0) is 34.9.